The van der Waals surface area contributed by atoms with Crippen molar-refractivity contribution in [2.24, 2.45) is 0 Å². The van der Waals surface area contributed by atoms with Crippen LogP contribution in [0.25, 0.3) is 0 Å². The Hall–Kier alpha value is -2.22. The molecule has 0 saturated carbocycles. The Labute approximate surface area is 155 Å². The second kappa shape index (κ2) is 7.57. The van der Waals surface area contributed by atoms with Crippen LogP contribution in [0.3, 0.4) is 0 Å². The quantitative estimate of drug-likeness (QED) is 0.767. The predicted octanol–water partition coefficient (Wildman–Crippen LogP) is 2.35. The molecule has 1 aliphatic rings. The molecule has 8 heteroatoms. The summed E-state index contributed by atoms with van der Waals surface area (Å²) >= 11 is 0. The third kappa shape index (κ3) is 3.95. The van der Waals surface area contributed by atoms with Gasteiger partial charge in [0.2, 0.25) is 0 Å². The molecule has 0 aliphatic carbocycles. The van der Waals surface area contributed by atoms with Crippen molar-refractivity contribution < 1.29 is 8.42 Å². The Morgan fingerprint density at radius 3 is 2.65 bits per heavy atom. The van der Waals surface area contributed by atoms with E-state index >= 15 is 0 Å². The van der Waals surface area contributed by atoms with Crippen LogP contribution < -0.4 is 9.80 Å². The van der Waals surface area contributed by atoms with Crippen molar-refractivity contribution in [2.45, 2.75) is 33.2 Å². The highest BCUT2D eigenvalue weighted by Gasteiger charge is 2.32. The van der Waals surface area contributed by atoms with E-state index in [0.717, 1.165) is 11.3 Å². The fourth-order valence-corrected chi connectivity index (χ4v) is 5.13. The number of rotatable bonds is 6. The van der Waals surface area contributed by atoms with Gasteiger partial charge in [-0.05, 0) is 44.9 Å². The molecule has 1 aliphatic heterocycles. The average molecular weight is 375 g/mol. The topological polar surface area (TPSA) is 79.3 Å². The summed E-state index contributed by atoms with van der Waals surface area (Å²) in [5, 5.41) is 8.34. The third-order valence-corrected chi connectivity index (χ3v) is 6.44. The predicted molar refractivity (Wildman–Crippen MR) is 104 cm³/mol. The third-order valence-electron chi connectivity index (χ3n) is 4.69. The molecule has 0 amide bonds. The van der Waals surface area contributed by atoms with E-state index in [-0.39, 0.29) is 17.5 Å². The van der Waals surface area contributed by atoms with Crippen molar-refractivity contribution >= 4 is 27.3 Å². The fraction of sp³-hybridized carbons (Fsp3) is 0.500. The maximum atomic E-state index is 11.8. The Kier molecular flexibility index (Phi) is 5.41. The number of hydrogen-bond acceptors (Lipinski definition) is 7. The first-order valence-electron chi connectivity index (χ1n) is 8.94. The first kappa shape index (κ1) is 18.6. The van der Waals surface area contributed by atoms with E-state index in [1.54, 1.807) is 6.20 Å². The molecule has 1 saturated heterocycles. The van der Waals surface area contributed by atoms with Crippen LogP contribution in [0, 0.1) is 6.92 Å². The molecular weight excluding hydrogens is 350 g/mol. The highest BCUT2D eigenvalue weighted by molar-refractivity contribution is 7.91. The van der Waals surface area contributed by atoms with Crippen molar-refractivity contribution in [3.63, 3.8) is 0 Å². The van der Waals surface area contributed by atoms with Crippen LogP contribution in [0.15, 0.2) is 30.5 Å². The summed E-state index contributed by atoms with van der Waals surface area (Å²) in [6.45, 7) is 7.48. The molecule has 0 spiro atoms. The lowest BCUT2D eigenvalue weighted by atomic mass is 10.2. The van der Waals surface area contributed by atoms with Gasteiger partial charge in [-0.3, -0.25) is 0 Å². The Balaban J connectivity index is 1.91. The van der Waals surface area contributed by atoms with E-state index in [1.165, 1.54) is 0 Å². The number of nitrogens with zero attached hydrogens (tertiary/aromatic N) is 5. The second-order valence-electron chi connectivity index (χ2n) is 6.54. The zero-order chi connectivity index (χ0) is 18.7. The van der Waals surface area contributed by atoms with Gasteiger partial charge in [0.15, 0.2) is 15.7 Å². The van der Waals surface area contributed by atoms with Gasteiger partial charge in [-0.1, -0.05) is 12.1 Å². The van der Waals surface area contributed by atoms with E-state index in [1.807, 2.05) is 48.8 Å². The minimum absolute atomic E-state index is 0.0522. The zero-order valence-corrected chi connectivity index (χ0v) is 16.3. The lowest BCUT2D eigenvalue weighted by Gasteiger charge is -2.28. The summed E-state index contributed by atoms with van der Waals surface area (Å²) in [5.74, 6) is 1.61. The summed E-state index contributed by atoms with van der Waals surface area (Å²) in [6, 6.07) is 8.11. The normalized spacial score (nSPS) is 18.7. The number of aromatic nitrogens is 3. The minimum Gasteiger partial charge on any atom is -0.351 e. The second-order valence-corrected chi connectivity index (χ2v) is 8.77. The van der Waals surface area contributed by atoms with Crippen LogP contribution >= 0.6 is 0 Å². The van der Waals surface area contributed by atoms with Gasteiger partial charge in [0.05, 0.1) is 17.7 Å². The van der Waals surface area contributed by atoms with Crippen LogP contribution in [-0.2, 0) is 9.84 Å². The maximum Gasteiger partial charge on any atom is 0.251 e. The molecule has 0 radical (unpaired) electrons. The number of sulfone groups is 1. The molecule has 1 atom stereocenters. The van der Waals surface area contributed by atoms with E-state index in [2.05, 4.69) is 16.3 Å². The lowest BCUT2D eigenvalue weighted by Crippen LogP contribution is -2.37. The fourth-order valence-electron chi connectivity index (χ4n) is 3.40. The smallest absolute Gasteiger partial charge is 0.251 e. The molecule has 0 N–H and O–H groups in total. The van der Waals surface area contributed by atoms with E-state index in [4.69, 9.17) is 4.98 Å². The first-order chi connectivity index (χ1) is 12.4. The molecule has 1 unspecified atom stereocenters. The molecule has 140 valence electrons. The monoisotopic (exact) mass is 375 g/mol. The molecule has 7 nitrogen and oxygen atoms in total. The van der Waals surface area contributed by atoms with Gasteiger partial charge < -0.3 is 9.80 Å². The van der Waals surface area contributed by atoms with Gasteiger partial charge in [0.25, 0.3) is 5.95 Å². The van der Waals surface area contributed by atoms with Gasteiger partial charge in [-0.25, -0.2) is 8.42 Å². The number of benzene rings is 1. The maximum absolute atomic E-state index is 11.8. The van der Waals surface area contributed by atoms with Crippen LogP contribution in [0.2, 0.25) is 0 Å². The van der Waals surface area contributed by atoms with E-state index < -0.39 is 9.84 Å². The van der Waals surface area contributed by atoms with Crippen molar-refractivity contribution in [2.75, 3.05) is 34.4 Å². The molecule has 2 aromatic rings. The van der Waals surface area contributed by atoms with E-state index in [0.29, 0.717) is 31.3 Å². The first-order valence-corrected chi connectivity index (χ1v) is 10.8. The van der Waals surface area contributed by atoms with Crippen molar-refractivity contribution in [3.05, 3.63) is 36.0 Å². The summed E-state index contributed by atoms with van der Waals surface area (Å²) in [7, 11) is -2.95. The Morgan fingerprint density at radius 2 is 2.04 bits per heavy atom. The van der Waals surface area contributed by atoms with Gasteiger partial charge in [0.1, 0.15) is 0 Å². The minimum atomic E-state index is -2.95. The molecule has 26 heavy (non-hydrogen) atoms. The van der Waals surface area contributed by atoms with E-state index in [9.17, 15) is 8.42 Å². The molecular formula is C18H25N5O2S. The highest BCUT2D eigenvalue weighted by atomic mass is 32.2. The van der Waals surface area contributed by atoms with Crippen molar-refractivity contribution in [3.8, 4) is 0 Å². The van der Waals surface area contributed by atoms with Gasteiger partial charge in [-0.15, -0.1) is 5.10 Å². The molecule has 1 aromatic carbocycles. The zero-order valence-electron chi connectivity index (χ0n) is 15.5. The summed E-state index contributed by atoms with van der Waals surface area (Å²) in [6.07, 6.45) is 2.24. The lowest BCUT2D eigenvalue weighted by molar-refractivity contribution is 0.599. The average Bonchev–Trinajstić information content (AvgIpc) is 2.96. The number of anilines is 3. The largest absolute Gasteiger partial charge is 0.351 e. The van der Waals surface area contributed by atoms with Crippen LogP contribution in [0.4, 0.5) is 17.5 Å². The van der Waals surface area contributed by atoms with Gasteiger partial charge in [-0.2, -0.15) is 10.1 Å². The van der Waals surface area contributed by atoms with Crippen molar-refractivity contribution in [1.29, 1.82) is 0 Å². The summed E-state index contributed by atoms with van der Waals surface area (Å²) in [5.41, 5.74) is 2.18. The molecule has 1 fully saturated rings. The Bertz CT molecular complexity index is 871. The SMILES string of the molecule is CCN(c1cccc(C)c1)c1nncc(N(CC)C2CCS(=O)(=O)C2)n1. The van der Waals surface area contributed by atoms with Crippen molar-refractivity contribution in [1.82, 2.24) is 15.2 Å². The molecule has 3 rings (SSSR count). The number of aryl methyl sites for hydroxylation is 1. The number of hydrogen-bond donors (Lipinski definition) is 0. The summed E-state index contributed by atoms with van der Waals surface area (Å²) in [4.78, 5) is 8.72. The molecule has 1 aromatic heterocycles. The van der Waals surface area contributed by atoms with Crippen LogP contribution in [0.1, 0.15) is 25.8 Å². The highest BCUT2D eigenvalue weighted by Crippen LogP contribution is 2.26. The Morgan fingerprint density at radius 1 is 1.23 bits per heavy atom. The standard InChI is InChI=1S/C18H25N5O2S/c1-4-22(16-9-10-26(24,25)13-16)17-12-19-21-18(20-17)23(5-2)15-8-6-7-14(3)11-15/h6-8,11-12,16H,4-5,9-10,13H2,1-3H3. The molecule has 2 heterocycles. The van der Waals surface area contributed by atoms with Crippen LogP contribution in [0.5, 0.6) is 0 Å². The van der Waals surface area contributed by atoms with Gasteiger partial charge >= 0.3 is 0 Å². The van der Waals surface area contributed by atoms with Gasteiger partial charge in [0, 0.05) is 24.8 Å². The molecule has 0 bridgehead atoms. The summed E-state index contributed by atoms with van der Waals surface area (Å²) < 4.78 is 23.7. The van der Waals surface area contributed by atoms with Crippen LogP contribution in [-0.4, -0.2) is 54.2 Å².